The number of thioether (sulfide) groups is 1. The van der Waals surface area contributed by atoms with E-state index in [1.807, 2.05) is 11.8 Å². The molecular formula is C25H32N2O2S. The third-order valence-corrected chi connectivity index (χ3v) is 7.06. The Morgan fingerprint density at radius 1 is 1.03 bits per heavy atom. The number of allylic oxidation sites excluding steroid dienone is 4. The summed E-state index contributed by atoms with van der Waals surface area (Å²) in [6.07, 6.45) is 13.2. The van der Waals surface area contributed by atoms with Crippen LogP contribution in [0.1, 0.15) is 30.4 Å². The highest BCUT2D eigenvalue weighted by molar-refractivity contribution is 7.99. The zero-order chi connectivity index (χ0) is 20.8. The number of hydrogen-bond acceptors (Lipinski definition) is 5. The number of ether oxygens (including phenoxy) is 2. The summed E-state index contributed by atoms with van der Waals surface area (Å²) in [4.78, 5) is 6.26. The van der Waals surface area contributed by atoms with Crippen molar-refractivity contribution in [1.82, 2.24) is 9.80 Å². The SMILES string of the molecule is Cc1ccc(SCCCN2CCN(C3=COC(C4=CC=CCC4)=CO3)CC2)c(C)c1. The van der Waals surface area contributed by atoms with Crippen molar-refractivity contribution in [2.75, 3.05) is 38.5 Å². The molecular weight excluding hydrogens is 392 g/mol. The molecule has 0 saturated carbocycles. The van der Waals surface area contributed by atoms with Crippen LogP contribution in [0, 0.1) is 13.8 Å². The number of benzene rings is 1. The normalized spacial score (nSPS) is 19.5. The highest BCUT2D eigenvalue weighted by Crippen LogP contribution is 2.27. The lowest BCUT2D eigenvalue weighted by atomic mass is 10.0. The Hall–Kier alpha value is -2.11. The molecule has 0 unspecified atom stereocenters. The first-order valence-electron chi connectivity index (χ1n) is 11.0. The molecule has 1 aromatic carbocycles. The first-order chi connectivity index (χ1) is 14.7. The minimum atomic E-state index is 0.829. The molecule has 1 fully saturated rings. The fraction of sp³-hybridized carbons (Fsp3) is 0.440. The minimum absolute atomic E-state index is 0.829. The van der Waals surface area contributed by atoms with Crippen LogP contribution in [0.2, 0.25) is 0 Å². The van der Waals surface area contributed by atoms with Crippen molar-refractivity contribution in [3.05, 3.63) is 77.3 Å². The maximum atomic E-state index is 5.90. The fourth-order valence-electron chi connectivity index (χ4n) is 4.02. The summed E-state index contributed by atoms with van der Waals surface area (Å²) in [5.41, 5.74) is 3.94. The first kappa shape index (κ1) is 21.1. The summed E-state index contributed by atoms with van der Waals surface area (Å²) in [5.74, 6) is 2.84. The summed E-state index contributed by atoms with van der Waals surface area (Å²) >= 11 is 1.98. The van der Waals surface area contributed by atoms with Gasteiger partial charge >= 0.3 is 0 Å². The molecule has 1 saturated heterocycles. The Kier molecular flexibility index (Phi) is 7.24. The van der Waals surface area contributed by atoms with Gasteiger partial charge in [-0.1, -0.05) is 35.9 Å². The summed E-state index contributed by atoms with van der Waals surface area (Å²) < 4.78 is 11.8. The van der Waals surface area contributed by atoms with Crippen LogP contribution in [0.5, 0.6) is 0 Å². The summed E-state index contributed by atoms with van der Waals surface area (Å²) in [5, 5.41) is 0. The van der Waals surface area contributed by atoms with Gasteiger partial charge in [0.15, 0.2) is 12.0 Å². The fourth-order valence-corrected chi connectivity index (χ4v) is 4.96. The van der Waals surface area contributed by atoms with E-state index in [4.69, 9.17) is 9.47 Å². The van der Waals surface area contributed by atoms with Crippen LogP contribution in [0.15, 0.2) is 71.1 Å². The molecule has 0 atom stereocenters. The Morgan fingerprint density at radius 3 is 2.60 bits per heavy atom. The molecule has 0 bridgehead atoms. The average molecular weight is 425 g/mol. The third-order valence-electron chi connectivity index (χ3n) is 5.79. The largest absolute Gasteiger partial charge is 0.456 e. The van der Waals surface area contributed by atoms with Gasteiger partial charge in [-0.05, 0) is 62.6 Å². The smallest absolute Gasteiger partial charge is 0.231 e. The molecule has 3 aliphatic rings. The standard InChI is InChI=1S/C25H32N2O2S/c1-20-9-10-24(21(2)17-20)30-16-6-11-26-12-14-27(15-13-26)25-19-28-23(18-29-25)22-7-4-3-5-8-22/h3-4,7,9-10,17-19H,5-6,8,11-16H2,1-2H3. The predicted octanol–water partition coefficient (Wildman–Crippen LogP) is 5.37. The van der Waals surface area contributed by atoms with Gasteiger partial charge in [0.25, 0.3) is 0 Å². The number of rotatable bonds is 7. The zero-order valence-corrected chi connectivity index (χ0v) is 18.9. The lowest BCUT2D eigenvalue weighted by Crippen LogP contribution is -2.46. The second-order valence-corrected chi connectivity index (χ2v) is 9.27. The van der Waals surface area contributed by atoms with E-state index in [1.54, 1.807) is 12.5 Å². The molecule has 5 heteroatoms. The zero-order valence-electron chi connectivity index (χ0n) is 18.1. The predicted molar refractivity (Wildman–Crippen MR) is 124 cm³/mol. The van der Waals surface area contributed by atoms with Crippen molar-refractivity contribution in [3.8, 4) is 0 Å². The average Bonchev–Trinajstić information content (AvgIpc) is 2.79. The molecule has 2 aliphatic heterocycles. The van der Waals surface area contributed by atoms with E-state index < -0.39 is 0 Å². The van der Waals surface area contributed by atoms with E-state index in [9.17, 15) is 0 Å². The Balaban J connectivity index is 1.15. The number of hydrogen-bond donors (Lipinski definition) is 0. The van der Waals surface area contributed by atoms with Crippen LogP contribution >= 0.6 is 11.8 Å². The summed E-state index contributed by atoms with van der Waals surface area (Å²) in [7, 11) is 0. The van der Waals surface area contributed by atoms with Gasteiger partial charge in [-0.2, -0.15) is 0 Å². The summed E-state index contributed by atoms with van der Waals surface area (Å²) in [6, 6.07) is 6.74. The van der Waals surface area contributed by atoms with Crippen LogP contribution in [-0.4, -0.2) is 48.3 Å². The van der Waals surface area contributed by atoms with Gasteiger partial charge in [-0.15, -0.1) is 11.8 Å². The van der Waals surface area contributed by atoms with Gasteiger partial charge in [0.1, 0.15) is 6.26 Å². The van der Waals surface area contributed by atoms with E-state index in [0.717, 1.165) is 57.2 Å². The molecule has 0 spiro atoms. The second-order valence-electron chi connectivity index (χ2n) is 8.13. The van der Waals surface area contributed by atoms with Gasteiger partial charge in [0.2, 0.25) is 5.88 Å². The minimum Gasteiger partial charge on any atom is -0.456 e. The van der Waals surface area contributed by atoms with Crippen molar-refractivity contribution in [1.29, 1.82) is 0 Å². The third kappa shape index (κ3) is 5.52. The first-order valence-corrected chi connectivity index (χ1v) is 11.9. The number of nitrogens with zero attached hydrogens (tertiary/aromatic N) is 2. The highest BCUT2D eigenvalue weighted by Gasteiger charge is 2.22. The highest BCUT2D eigenvalue weighted by atomic mass is 32.2. The van der Waals surface area contributed by atoms with Crippen molar-refractivity contribution in [2.45, 2.75) is 38.0 Å². The van der Waals surface area contributed by atoms with Gasteiger partial charge in [0.05, 0.1) is 0 Å². The molecule has 0 radical (unpaired) electrons. The van der Waals surface area contributed by atoms with Crippen LogP contribution in [0.25, 0.3) is 0 Å². The summed E-state index contributed by atoms with van der Waals surface area (Å²) in [6.45, 7) is 9.63. The van der Waals surface area contributed by atoms with E-state index in [2.05, 4.69) is 60.1 Å². The number of aryl methyl sites for hydroxylation is 2. The van der Waals surface area contributed by atoms with Crippen molar-refractivity contribution < 1.29 is 9.47 Å². The van der Waals surface area contributed by atoms with Gasteiger partial charge in [0, 0.05) is 31.1 Å². The maximum Gasteiger partial charge on any atom is 0.231 e. The van der Waals surface area contributed by atoms with Crippen molar-refractivity contribution >= 4 is 11.8 Å². The van der Waals surface area contributed by atoms with Crippen molar-refractivity contribution in [3.63, 3.8) is 0 Å². The van der Waals surface area contributed by atoms with Crippen LogP contribution in [0.4, 0.5) is 0 Å². The maximum absolute atomic E-state index is 5.90. The Morgan fingerprint density at radius 2 is 1.90 bits per heavy atom. The van der Waals surface area contributed by atoms with Crippen LogP contribution < -0.4 is 0 Å². The van der Waals surface area contributed by atoms with Crippen LogP contribution in [-0.2, 0) is 9.47 Å². The quantitative estimate of drug-likeness (QED) is 0.433. The van der Waals surface area contributed by atoms with E-state index in [-0.39, 0.29) is 0 Å². The molecule has 1 aliphatic carbocycles. The molecule has 30 heavy (non-hydrogen) atoms. The van der Waals surface area contributed by atoms with Gasteiger partial charge < -0.3 is 14.4 Å². The molecule has 0 aromatic heterocycles. The van der Waals surface area contributed by atoms with Gasteiger partial charge in [-0.25, -0.2) is 0 Å². The van der Waals surface area contributed by atoms with Crippen molar-refractivity contribution in [2.24, 2.45) is 0 Å². The Bertz CT molecular complexity index is 864. The molecule has 160 valence electrons. The monoisotopic (exact) mass is 424 g/mol. The lowest BCUT2D eigenvalue weighted by Gasteiger charge is -2.36. The van der Waals surface area contributed by atoms with Crippen LogP contribution in [0.3, 0.4) is 0 Å². The lowest BCUT2D eigenvalue weighted by molar-refractivity contribution is 0.0848. The van der Waals surface area contributed by atoms with E-state index >= 15 is 0 Å². The molecule has 0 amide bonds. The van der Waals surface area contributed by atoms with E-state index in [0.29, 0.717) is 0 Å². The second kappa shape index (κ2) is 10.3. The van der Waals surface area contributed by atoms with Gasteiger partial charge in [-0.3, -0.25) is 4.90 Å². The number of piperazine rings is 1. The molecule has 4 nitrogen and oxygen atoms in total. The van der Waals surface area contributed by atoms with E-state index in [1.165, 1.54) is 33.8 Å². The molecule has 4 rings (SSSR count). The topological polar surface area (TPSA) is 24.9 Å². The molecule has 0 N–H and O–H groups in total. The molecule has 2 heterocycles. The Labute approximate surface area is 184 Å². The molecule has 1 aromatic rings.